The zero-order chi connectivity index (χ0) is 20.5. The van der Waals surface area contributed by atoms with E-state index in [-0.39, 0.29) is 22.9 Å². The second-order valence-corrected chi connectivity index (χ2v) is 7.70. The van der Waals surface area contributed by atoms with Gasteiger partial charge in [-0.25, -0.2) is 9.78 Å². The van der Waals surface area contributed by atoms with Gasteiger partial charge < -0.3 is 19.9 Å². The Hall–Kier alpha value is -3.20. The first-order valence-electron chi connectivity index (χ1n) is 9.28. The summed E-state index contributed by atoms with van der Waals surface area (Å²) < 4.78 is 7.31. The number of rotatable bonds is 6. The lowest BCUT2D eigenvalue weighted by Crippen LogP contribution is -2.18. The Morgan fingerprint density at radius 3 is 2.83 bits per heavy atom. The fourth-order valence-corrected chi connectivity index (χ4v) is 3.92. The van der Waals surface area contributed by atoms with E-state index < -0.39 is 5.97 Å². The molecular formula is C20H20N4O4S. The maximum Gasteiger partial charge on any atom is 0.341 e. The summed E-state index contributed by atoms with van der Waals surface area (Å²) in [6.45, 7) is 2.46. The quantitative estimate of drug-likeness (QED) is 0.602. The first-order chi connectivity index (χ1) is 14.0. The first-order valence-corrected chi connectivity index (χ1v) is 10.2. The van der Waals surface area contributed by atoms with Gasteiger partial charge in [0.15, 0.2) is 0 Å². The molecule has 3 aromatic heterocycles. The Balaban J connectivity index is 1.74. The number of carbonyl (C=O) groups excluding carboxylic acids is 2. The Morgan fingerprint density at radius 2 is 2.14 bits per heavy atom. The molecule has 9 heteroatoms. The number of fused-ring (bicyclic) bond motifs is 1. The number of anilines is 3. The lowest BCUT2D eigenvalue weighted by atomic mass is 10.2. The average molecular weight is 412 g/mol. The van der Waals surface area contributed by atoms with Crippen LogP contribution in [0.25, 0.3) is 10.1 Å². The zero-order valence-electron chi connectivity index (χ0n) is 16.0. The average Bonchev–Trinajstić information content (AvgIpc) is 3.50. The number of methoxy groups -OCH3 is 1. The SMILES string of the molecule is CCn1ccc2scc(Nc3cc(NC(=O)C4CC4)ncc3C(=O)OC)c2c1=O. The molecule has 0 aliphatic heterocycles. The smallest absolute Gasteiger partial charge is 0.341 e. The number of amides is 1. The van der Waals surface area contributed by atoms with Gasteiger partial charge in [-0.2, -0.15) is 0 Å². The molecule has 0 unspecified atom stereocenters. The molecule has 4 rings (SSSR count). The van der Waals surface area contributed by atoms with Crippen molar-refractivity contribution in [3.8, 4) is 0 Å². The molecule has 0 saturated heterocycles. The Kier molecular flexibility index (Phi) is 5.06. The van der Waals surface area contributed by atoms with Crippen LogP contribution in [0.3, 0.4) is 0 Å². The summed E-state index contributed by atoms with van der Waals surface area (Å²) >= 11 is 1.44. The molecule has 1 saturated carbocycles. The number of pyridine rings is 2. The van der Waals surface area contributed by atoms with Crippen LogP contribution < -0.4 is 16.2 Å². The lowest BCUT2D eigenvalue weighted by molar-refractivity contribution is -0.117. The van der Waals surface area contributed by atoms with Gasteiger partial charge in [-0.15, -0.1) is 11.3 Å². The number of aryl methyl sites for hydroxylation is 1. The van der Waals surface area contributed by atoms with Crippen LogP contribution in [0.1, 0.15) is 30.1 Å². The van der Waals surface area contributed by atoms with Gasteiger partial charge in [0.25, 0.3) is 5.56 Å². The fourth-order valence-electron chi connectivity index (χ4n) is 3.04. The molecule has 3 heterocycles. The number of thiophene rings is 1. The van der Waals surface area contributed by atoms with E-state index in [2.05, 4.69) is 15.6 Å². The van der Waals surface area contributed by atoms with Gasteiger partial charge >= 0.3 is 5.97 Å². The van der Waals surface area contributed by atoms with Gasteiger partial charge in [0, 0.05) is 41.0 Å². The normalized spacial score (nSPS) is 13.3. The van der Waals surface area contributed by atoms with Gasteiger partial charge in [0.1, 0.15) is 11.4 Å². The number of carbonyl (C=O) groups is 2. The molecule has 1 aliphatic carbocycles. The number of esters is 1. The molecule has 1 fully saturated rings. The summed E-state index contributed by atoms with van der Waals surface area (Å²) in [5.41, 5.74) is 1.10. The van der Waals surface area contributed by atoms with E-state index in [1.54, 1.807) is 16.8 Å². The number of nitrogens with one attached hydrogen (secondary N) is 2. The van der Waals surface area contributed by atoms with Crippen LogP contribution in [0.5, 0.6) is 0 Å². The molecule has 0 radical (unpaired) electrons. The zero-order valence-corrected chi connectivity index (χ0v) is 16.8. The van der Waals surface area contributed by atoms with Crippen LogP contribution in [0.2, 0.25) is 0 Å². The maximum absolute atomic E-state index is 12.8. The molecule has 2 N–H and O–H groups in total. The summed E-state index contributed by atoms with van der Waals surface area (Å²) in [6.07, 6.45) is 4.88. The third-order valence-corrected chi connectivity index (χ3v) is 5.77. The third kappa shape index (κ3) is 3.73. The van der Waals surface area contributed by atoms with Crippen molar-refractivity contribution in [3.05, 3.63) is 45.8 Å². The number of aromatic nitrogens is 2. The van der Waals surface area contributed by atoms with Crippen LogP contribution >= 0.6 is 11.3 Å². The Morgan fingerprint density at radius 1 is 1.34 bits per heavy atom. The summed E-state index contributed by atoms with van der Waals surface area (Å²) in [4.78, 5) is 41.2. The molecule has 0 bridgehead atoms. The number of ether oxygens (including phenoxy) is 1. The highest BCUT2D eigenvalue weighted by molar-refractivity contribution is 7.17. The van der Waals surface area contributed by atoms with E-state index in [1.807, 2.05) is 18.4 Å². The van der Waals surface area contributed by atoms with Crippen LogP contribution in [0, 0.1) is 5.92 Å². The van der Waals surface area contributed by atoms with E-state index in [0.717, 1.165) is 17.5 Å². The Bertz CT molecular complexity index is 1160. The van der Waals surface area contributed by atoms with E-state index in [9.17, 15) is 14.4 Å². The molecule has 29 heavy (non-hydrogen) atoms. The Labute approximate surface area is 170 Å². The minimum Gasteiger partial charge on any atom is -0.465 e. The largest absolute Gasteiger partial charge is 0.465 e. The minimum absolute atomic E-state index is 0.0295. The second kappa shape index (κ2) is 7.67. The molecular weight excluding hydrogens is 392 g/mol. The van der Waals surface area contributed by atoms with Crippen molar-refractivity contribution in [2.45, 2.75) is 26.3 Å². The molecule has 150 valence electrons. The van der Waals surface area contributed by atoms with Crippen LogP contribution in [0.4, 0.5) is 17.2 Å². The highest BCUT2D eigenvalue weighted by Crippen LogP contribution is 2.33. The van der Waals surface area contributed by atoms with Crippen LogP contribution in [-0.2, 0) is 16.1 Å². The third-order valence-electron chi connectivity index (χ3n) is 4.82. The highest BCUT2D eigenvalue weighted by atomic mass is 32.1. The number of nitrogens with zero attached hydrogens (tertiary/aromatic N) is 2. The topological polar surface area (TPSA) is 102 Å². The molecule has 0 atom stereocenters. The highest BCUT2D eigenvalue weighted by Gasteiger charge is 2.30. The number of hydrogen-bond acceptors (Lipinski definition) is 7. The van der Waals surface area contributed by atoms with Crippen molar-refractivity contribution in [1.82, 2.24) is 9.55 Å². The van der Waals surface area contributed by atoms with Crippen molar-refractivity contribution in [2.75, 3.05) is 17.7 Å². The monoisotopic (exact) mass is 412 g/mol. The molecule has 1 amide bonds. The van der Waals surface area contributed by atoms with Crippen molar-refractivity contribution < 1.29 is 14.3 Å². The minimum atomic E-state index is -0.564. The first kappa shape index (κ1) is 19.1. The summed E-state index contributed by atoms with van der Waals surface area (Å²) in [5, 5.41) is 8.32. The van der Waals surface area contributed by atoms with Gasteiger partial charge in [0.2, 0.25) is 5.91 Å². The standard InChI is InChI=1S/C20H20N4O4S/c1-3-24-7-6-15-17(19(24)26)14(10-29-15)22-13-8-16(23-18(25)11-4-5-11)21-9-12(13)20(27)28-2/h6-11H,3-5H2,1-2H3,(H2,21,22,23,25). The van der Waals surface area contributed by atoms with E-state index in [1.165, 1.54) is 24.6 Å². The fraction of sp³-hybridized carbons (Fsp3) is 0.300. The number of hydrogen-bond donors (Lipinski definition) is 2. The van der Waals surface area contributed by atoms with Gasteiger partial charge in [-0.1, -0.05) is 0 Å². The summed E-state index contributed by atoms with van der Waals surface area (Å²) in [5.74, 6) is -0.281. The molecule has 3 aromatic rings. The van der Waals surface area contributed by atoms with Crippen molar-refractivity contribution in [1.29, 1.82) is 0 Å². The van der Waals surface area contributed by atoms with E-state index in [4.69, 9.17) is 4.74 Å². The van der Waals surface area contributed by atoms with Gasteiger partial charge in [-0.05, 0) is 25.8 Å². The van der Waals surface area contributed by atoms with Crippen molar-refractivity contribution >= 4 is 50.5 Å². The maximum atomic E-state index is 12.8. The predicted octanol–water partition coefficient (Wildman–Crippen LogP) is 3.36. The van der Waals surface area contributed by atoms with Crippen molar-refractivity contribution in [2.24, 2.45) is 5.92 Å². The van der Waals surface area contributed by atoms with E-state index in [0.29, 0.717) is 29.1 Å². The second-order valence-electron chi connectivity index (χ2n) is 6.79. The van der Waals surface area contributed by atoms with Crippen LogP contribution in [0.15, 0.2) is 34.7 Å². The molecule has 8 nitrogen and oxygen atoms in total. The molecule has 1 aliphatic rings. The molecule has 0 aromatic carbocycles. The van der Waals surface area contributed by atoms with E-state index >= 15 is 0 Å². The van der Waals surface area contributed by atoms with Gasteiger partial charge in [-0.3, -0.25) is 9.59 Å². The van der Waals surface area contributed by atoms with Crippen molar-refractivity contribution in [3.63, 3.8) is 0 Å². The summed E-state index contributed by atoms with van der Waals surface area (Å²) in [6, 6.07) is 3.47. The van der Waals surface area contributed by atoms with Gasteiger partial charge in [0.05, 0.1) is 23.9 Å². The predicted molar refractivity (Wildman–Crippen MR) is 112 cm³/mol. The lowest BCUT2D eigenvalue weighted by Gasteiger charge is -2.12. The van der Waals surface area contributed by atoms with Crippen LogP contribution in [-0.4, -0.2) is 28.5 Å². The molecule has 0 spiro atoms. The summed E-state index contributed by atoms with van der Waals surface area (Å²) in [7, 11) is 1.29.